The van der Waals surface area contributed by atoms with Crippen molar-refractivity contribution in [2.45, 2.75) is 19.3 Å². The molecule has 4 aromatic rings. The molecule has 0 bridgehead atoms. The van der Waals surface area contributed by atoms with Crippen molar-refractivity contribution in [1.29, 1.82) is 0 Å². The summed E-state index contributed by atoms with van der Waals surface area (Å²) in [6.45, 7) is 4.46. The van der Waals surface area contributed by atoms with Crippen LogP contribution < -0.4 is 4.90 Å². The summed E-state index contributed by atoms with van der Waals surface area (Å²) in [5.74, 6) is 0.579. The summed E-state index contributed by atoms with van der Waals surface area (Å²) in [5, 5.41) is 0. The van der Waals surface area contributed by atoms with Crippen molar-refractivity contribution < 1.29 is 14.0 Å². The van der Waals surface area contributed by atoms with Crippen molar-refractivity contribution in [3.8, 4) is 0 Å². The number of ketones is 2. The first-order valence-electron chi connectivity index (χ1n) is 11.0. The normalized spacial score (nSPS) is 15.8. The summed E-state index contributed by atoms with van der Waals surface area (Å²) in [6, 6.07) is 27.2. The topological polar surface area (TPSA) is 50.5 Å². The highest BCUT2D eigenvalue weighted by Gasteiger charge is 2.37. The van der Waals surface area contributed by atoms with Crippen LogP contribution in [0.2, 0.25) is 0 Å². The minimum Gasteiger partial charge on any atom is -0.440 e. The average Bonchev–Trinajstić information content (AvgIpc) is 3.39. The Kier molecular flexibility index (Phi) is 4.08. The molecule has 0 unspecified atom stereocenters. The quantitative estimate of drug-likeness (QED) is 0.257. The monoisotopic (exact) mass is 431 g/mol. The zero-order valence-corrected chi connectivity index (χ0v) is 18.3. The van der Waals surface area contributed by atoms with Crippen LogP contribution >= 0.6 is 0 Å². The van der Waals surface area contributed by atoms with Crippen molar-refractivity contribution in [3.05, 3.63) is 119 Å². The third-order valence-electron chi connectivity index (χ3n) is 6.66. The van der Waals surface area contributed by atoms with E-state index in [1.54, 1.807) is 36.4 Å². The molecule has 160 valence electrons. The van der Waals surface area contributed by atoms with Gasteiger partial charge in [0, 0.05) is 22.6 Å². The van der Waals surface area contributed by atoms with Crippen LogP contribution in [0.15, 0.2) is 94.9 Å². The molecule has 0 N–H and O–H groups in total. The number of hydrogen-bond donors (Lipinski definition) is 0. The van der Waals surface area contributed by atoms with E-state index in [0.717, 1.165) is 11.4 Å². The lowest BCUT2D eigenvalue weighted by Crippen LogP contribution is -2.30. The summed E-state index contributed by atoms with van der Waals surface area (Å²) in [7, 11) is 0. The van der Waals surface area contributed by atoms with Gasteiger partial charge < -0.3 is 4.42 Å². The third kappa shape index (κ3) is 2.77. The fourth-order valence-corrected chi connectivity index (χ4v) is 4.99. The Balaban J connectivity index is 1.45. The molecule has 2 heterocycles. The van der Waals surface area contributed by atoms with Gasteiger partial charge in [-0.2, -0.15) is 0 Å². The van der Waals surface area contributed by atoms with E-state index in [4.69, 9.17) is 4.42 Å². The fraction of sp³-hybridized carbons (Fsp3) is 0.103. The van der Waals surface area contributed by atoms with Crippen LogP contribution in [0.4, 0.5) is 17.3 Å². The maximum atomic E-state index is 12.8. The van der Waals surface area contributed by atoms with Crippen LogP contribution in [0.5, 0.6) is 0 Å². The molecule has 0 fully saturated rings. The second kappa shape index (κ2) is 6.91. The highest BCUT2D eigenvalue weighted by Crippen LogP contribution is 2.51. The number of fused-ring (bicyclic) bond motifs is 3. The lowest BCUT2D eigenvalue weighted by Gasteiger charge is -2.40. The van der Waals surface area contributed by atoms with Crippen molar-refractivity contribution >= 4 is 34.9 Å². The average molecular weight is 431 g/mol. The van der Waals surface area contributed by atoms with Crippen LogP contribution in [0.25, 0.3) is 6.08 Å². The minimum atomic E-state index is -0.260. The number of carbonyl (C=O) groups is 2. The van der Waals surface area contributed by atoms with E-state index in [2.05, 4.69) is 55.1 Å². The second-order valence-electron chi connectivity index (χ2n) is 8.93. The predicted octanol–water partition coefficient (Wildman–Crippen LogP) is 6.85. The van der Waals surface area contributed by atoms with E-state index in [9.17, 15) is 9.59 Å². The van der Waals surface area contributed by atoms with Gasteiger partial charge in [0.2, 0.25) is 5.88 Å². The van der Waals surface area contributed by atoms with Crippen molar-refractivity contribution in [1.82, 2.24) is 0 Å². The van der Waals surface area contributed by atoms with Crippen LogP contribution in [-0.4, -0.2) is 11.6 Å². The first-order chi connectivity index (χ1) is 16.0. The number of carbonyl (C=O) groups excluding carboxylic acids is 2. The molecule has 2 aliphatic rings. The van der Waals surface area contributed by atoms with Gasteiger partial charge in [0.15, 0.2) is 11.6 Å². The van der Waals surface area contributed by atoms with Crippen LogP contribution in [0.3, 0.4) is 0 Å². The molecule has 1 aliphatic carbocycles. The van der Waals surface area contributed by atoms with Crippen LogP contribution in [0, 0.1) is 0 Å². The molecule has 6 rings (SSSR count). The highest BCUT2D eigenvalue weighted by molar-refractivity contribution is 6.41. The molecule has 0 radical (unpaired) electrons. The number of Topliss-reactive ketones (excluding diaryl/α,β-unsaturated/α-hetero) is 2. The van der Waals surface area contributed by atoms with E-state index in [-0.39, 0.29) is 22.6 Å². The molecular formula is C29H21NO3. The molecule has 3 aromatic carbocycles. The van der Waals surface area contributed by atoms with Gasteiger partial charge in [0.25, 0.3) is 0 Å². The van der Waals surface area contributed by atoms with E-state index in [1.165, 1.54) is 11.1 Å². The second-order valence-corrected chi connectivity index (χ2v) is 8.93. The van der Waals surface area contributed by atoms with Gasteiger partial charge in [0.05, 0.1) is 16.9 Å². The fourth-order valence-electron chi connectivity index (χ4n) is 4.99. The molecular weight excluding hydrogens is 410 g/mol. The van der Waals surface area contributed by atoms with E-state index < -0.39 is 0 Å². The number of hydrogen-bond acceptors (Lipinski definition) is 4. The van der Waals surface area contributed by atoms with Gasteiger partial charge in [-0.15, -0.1) is 0 Å². The van der Waals surface area contributed by atoms with Gasteiger partial charge in [-0.25, -0.2) is 0 Å². The van der Waals surface area contributed by atoms with Gasteiger partial charge in [0.1, 0.15) is 5.76 Å². The van der Waals surface area contributed by atoms with E-state index >= 15 is 0 Å². The first-order valence-corrected chi connectivity index (χ1v) is 11.0. The first kappa shape index (κ1) is 19.5. The lowest BCUT2D eigenvalue weighted by molar-refractivity contribution is 0.0990. The Morgan fingerprint density at radius 2 is 1.21 bits per heavy atom. The largest absolute Gasteiger partial charge is 0.440 e. The summed E-state index contributed by atoms with van der Waals surface area (Å²) in [4.78, 5) is 27.7. The number of benzene rings is 3. The Bertz CT molecular complexity index is 1400. The Morgan fingerprint density at radius 1 is 0.697 bits per heavy atom. The number of rotatable bonds is 2. The lowest BCUT2D eigenvalue weighted by atomic mass is 9.74. The van der Waals surface area contributed by atoms with Gasteiger partial charge in [-0.1, -0.05) is 74.5 Å². The van der Waals surface area contributed by atoms with Crippen molar-refractivity contribution in [2.24, 2.45) is 0 Å². The highest BCUT2D eigenvalue weighted by atomic mass is 16.4. The number of anilines is 3. The molecule has 0 spiro atoms. The molecule has 4 nitrogen and oxygen atoms in total. The van der Waals surface area contributed by atoms with Gasteiger partial charge in [-0.05, 0) is 35.4 Å². The van der Waals surface area contributed by atoms with Crippen LogP contribution in [0.1, 0.15) is 51.5 Å². The number of furan rings is 1. The summed E-state index contributed by atoms with van der Waals surface area (Å²) >= 11 is 0. The molecule has 33 heavy (non-hydrogen) atoms. The molecule has 0 atom stereocenters. The predicted molar refractivity (Wildman–Crippen MR) is 129 cm³/mol. The number of allylic oxidation sites excluding steroid dienone is 1. The molecule has 0 saturated carbocycles. The standard InChI is InChI=1S/C29H21NO3/c1-29(2)22-11-5-7-13-24(22)30(25-14-8-6-12-23(25)29)26-16-15-18(33-26)17-21-27(31)19-9-3-4-10-20(19)28(21)32/h3-17H,1-2H3. The molecule has 0 amide bonds. The molecule has 1 aromatic heterocycles. The Hall–Kier alpha value is -4.18. The summed E-state index contributed by atoms with van der Waals surface area (Å²) in [5.41, 5.74) is 5.38. The van der Waals surface area contributed by atoms with Crippen molar-refractivity contribution in [3.63, 3.8) is 0 Å². The Labute approximate surface area is 191 Å². The Morgan fingerprint density at radius 3 is 1.79 bits per heavy atom. The minimum absolute atomic E-state index is 0.137. The number of nitrogens with zero attached hydrogens (tertiary/aromatic N) is 1. The van der Waals surface area contributed by atoms with Gasteiger partial charge in [-0.3, -0.25) is 14.5 Å². The maximum absolute atomic E-state index is 12.8. The summed E-state index contributed by atoms with van der Waals surface area (Å²) in [6.07, 6.45) is 1.56. The third-order valence-corrected chi connectivity index (χ3v) is 6.66. The van der Waals surface area contributed by atoms with E-state index in [1.807, 2.05) is 18.2 Å². The smallest absolute Gasteiger partial charge is 0.205 e. The zero-order chi connectivity index (χ0) is 22.7. The van der Waals surface area contributed by atoms with Gasteiger partial charge >= 0.3 is 0 Å². The van der Waals surface area contributed by atoms with Crippen LogP contribution in [-0.2, 0) is 5.41 Å². The molecule has 0 saturated heterocycles. The zero-order valence-electron chi connectivity index (χ0n) is 18.3. The molecule has 4 heteroatoms. The number of para-hydroxylation sites is 2. The SMILES string of the molecule is CC1(C)c2ccccc2N(c2ccc(C=C3C(=O)c4ccccc4C3=O)o2)c2ccccc21. The summed E-state index contributed by atoms with van der Waals surface area (Å²) < 4.78 is 6.21. The molecule has 1 aliphatic heterocycles. The maximum Gasteiger partial charge on any atom is 0.205 e. The van der Waals surface area contributed by atoms with E-state index in [0.29, 0.717) is 22.8 Å². The van der Waals surface area contributed by atoms with Crippen molar-refractivity contribution in [2.75, 3.05) is 4.90 Å².